The highest BCUT2D eigenvalue weighted by Crippen LogP contribution is 2.43. The normalized spacial score (nSPS) is 19.6. The lowest BCUT2D eigenvalue weighted by molar-refractivity contribution is -0.116. The van der Waals surface area contributed by atoms with Crippen molar-refractivity contribution < 1.29 is 14.3 Å². The van der Waals surface area contributed by atoms with Crippen molar-refractivity contribution >= 4 is 17.5 Å². The van der Waals surface area contributed by atoms with E-state index in [0.717, 1.165) is 41.5 Å². The van der Waals surface area contributed by atoms with Gasteiger partial charge >= 0.3 is 0 Å². The van der Waals surface area contributed by atoms with Gasteiger partial charge in [0.1, 0.15) is 5.82 Å². The predicted molar refractivity (Wildman–Crippen MR) is 118 cm³/mol. The van der Waals surface area contributed by atoms with E-state index >= 15 is 0 Å². The topological polar surface area (TPSA) is 94.4 Å². The summed E-state index contributed by atoms with van der Waals surface area (Å²) in [5.41, 5.74) is 2.84. The van der Waals surface area contributed by atoms with Crippen molar-refractivity contribution in [3.8, 4) is 17.3 Å². The molecule has 1 saturated heterocycles. The van der Waals surface area contributed by atoms with Crippen molar-refractivity contribution in [2.75, 3.05) is 30.1 Å². The number of rotatable bonds is 3. The number of anilines is 2. The summed E-state index contributed by atoms with van der Waals surface area (Å²) in [7, 11) is 0. The first-order valence-corrected chi connectivity index (χ1v) is 11.1. The molecule has 9 nitrogen and oxygen atoms in total. The van der Waals surface area contributed by atoms with E-state index in [1.54, 1.807) is 4.68 Å². The quantitative estimate of drug-likeness (QED) is 0.679. The van der Waals surface area contributed by atoms with Crippen molar-refractivity contribution in [1.29, 1.82) is 0 Å². The number of piperidine rings is 1. The van der Waals surface area contributed by atoms with Gasteiger partial charge in [-0.15, -0.1) is 10.2 Å². The molecule has 0 bridgehead atoms. The van der Waals surface area contributed by atoms with Crippen molar-refractivity contribution in [2.45, 2.75) is 38.5 Å². The summed E-state index contributed by atoms with van der Waals surface area (Å²) in [5, 5.41) is 16.6. The van der Waals surface area contributed by atoms with Gasteiger partial charge in [-0.25, -0.2) is 0 Å². The van der Waals surface area contributed by atoms with Crippen molar-refractivity contribution in [3.05, 3.63) is 47.2 Å². The van der Waals surface area contributed by atoms with Gasteiger partial charge in [-0.1, -0.05) is 6.07 Å². The third kappa shape index (κ3) is 3.16. The number of benzene rings is 1. The van der Waals surface area contributed by atoms with E-state index in [4.69, 9.17) is 14.6 Å². The standard InChI is InChI=1S/C23H24N6O3/c1-14-22-16(15-5-6-17-18(11-15)32-13-31-17)12-21(30)24-23(22)29(27-14)20-8-7-19(25-26-20)28-9-3-2-4-10-28/h5-8,11,16H,2-4,9-10,12-13H2,1H3,(H,24,30)/t16-/m1/s1. The Balaban J connectivity index is 1.37. The Morgan fingerprint density at radius 1 is 1.00 bits per heavy atom. The first-order chi connectivity index (χ1) is 15.7. The number of fused-ring (bicyclic) bond motifs is 2. The van der Waals surface area contributed by atoms with Gasteiger partial charge in [-0.2, -0.15) is 9.78 Å². The third-order valence-electron chi connectivity index (χ3n) is 6.43. The average molecular weight is 432 g/mol. The van der Waals surface area contributed by atoms with E-state index in [1.807, 2.05) is 37.3 Å². The minimum atomic E-state index is -0.123. The summed E-state index contributed by atoms with van der Waals surface area (Å²) >= 11 is 0. The predicted octanol–water partition coefficient (Wildman–Crippen LogP) is 3.16. The number of carbonyl (C=O) groups excluding carboxylic acids is 1. The van der Waals surface area contributed by atoms with E-state index in [-0.39, 0.29) is 18.6 Å². The second-order valence-corrected chi connectivity index (χ2v) is 8.47. The molecule has 5 heterocycles. The van der Waals surface area contributed by atoms with Crippen molar-refractivity contribution in [3.63, 3.8) is 0 Å². The maximum Gasteiger partial charge on any atom is 0.231 e. The smallest absolute Gasteiger partial charge is 0.231 e. The molecule has 0 aliphatic carbocycles. The van der Waals surface area contributed by atoms with Gasteiger partial charge in [-0.05, 0) is 56.0 Å². The van der Waals surface area contributed by atoms with E-state index in [2.05, 4.69) is 20.4 Å². The molecule has 1 amide bonds. The summed E-state index contributed by atoms with van der Waals surface area (Å²) in [6, 6.07) is 9.75. The molecule has 3 aliphatic heterocycles. The van der Waals surface area contributed by atoms with Gasteiger partial charge in [0, 0.05) is 31.0 Å². The molecule has 0 saturated carbocycles. The second kappa shape index (κ2) is 7.51. The summed E-state index contributed by atoms with van der Waals surface area (Å²) in [4.78, 5) is 14.9. The third-order valence-corrected chi connectivity index (χ3v) is 6.43. The molecule has 0 radical (unpaired) electrons. The number of hydrogen-bond acceptors (Lipinski definition) is 7. The number of amides is 1. The molecule has 9 heteroatoms. The van der Waals surface area contributed by atoms with Crippen LogP contribution in [0.4, 0.5) is 11.6 Å². The minimum Gasteiger partial charge on any atom is -0.454 e. The van der Waals surface area contributed by atoms with Crippen LogP contribution in [0.1, 0.15) is 48.4 Å². The number of nitrogens with one attached hydrogen (secondary N) is 1. The van der Waals surface area contributed by atoms with Crippen molar-refractivity contribution in [2.24, 2.45) is 0 Å². The van der Waals surface area contributed by atoms with Crippen LogP contribution in [-0.4, -0.2) is 45.8 Å². The lowest BCUT2D eigenvalue weighted by Crippen LogP contribution is -2.30. The minimum absolute atomic E-state index is 0.0563. The Morgan fingerprint density at radius 2 is 1.78 bits per heavy atom. The van der Waals surface area contributed by atoms with Crippen LogP contribution < -0.4 is 19.7 Å². The zero-order valence-electron chi connectivity index (χ0n) is 17.9. The number of ether oxygens (including phenoxy) is 2. The summed E-state index contributed by atoms with van der Waals surface area (Å²) in [6.07, 6.45) is 3.98. The first kappa shape index (κ1) is 19.1. The number of aryl methyl sites for hydroxylation is 1. The van der Waals surface area contributed by atoms with Crippen LogP contribution in [0.2, 0.25) is 0 Å². The van der Waals surface area contributed by atoms with Crippen LogP contribution in [0.15, 0.2) is 30.3 Å². The monoisotopic (exact) mass is 432 g/mol. The second-order valence-electron chi connectivity index (χ2n) is 8.47. The van der Waals surface area contributed by atoms with Gasteiger partial charge in [0.15, 0.2) is 23.1 Å². The van der Waals surface area contributed by atoms with Gasteiger partial charge in [0.2, 0.25) is 12.7 Å². The van der Waals surface area contributed by atoms with Crippen LogP contribution in [0.5, 0.6) is 11.5 Å². The Labute approximate surface area is 185 Å². The Morgan fingerprint density at radius 3 is 2.59 bits per heavy atom. The maximum absolute atomic E-state index is 12.6. The molecule has 1 N–H and O–H groups in total. The van der Waals surface area contributed by atoms with Gasteiger partial charge in [0.05, 0.1) is 5.69 Å². The number of hydrogen-bond donors (Lipinski definition) is 1. The number of aromatic nitrogens is 4. The zero-order chi connectivity index (χ0) is 21.7. The van der Waals surface area contributed by atoms with Crippen LogP contribution in [0.25, 0.3) is 5.82 Å². The molecule has 3 aliphatic rings. The Kier molecular flexibility index (Phi) is 4.48. The zero-order valence-corrected chi connectivity index (χ0v) is 17.9. The van der Waals surface area contributed by atoms with E-state index in [1.165, 1.54) is 19.3 Å². The first-order valence-electron chi connectivity index (χ1n) is 11.1. The van der Waals surface area contributed by atoms with E-state index in [9.17, 15) is 4.79 Å². The summed E-state index contributed by atoms with van der Waals surface area (Å²) < 4.78 is 12.7. The lowest BCUT2D eigenvalue weighted by atomic mass is 9.85. The summed E-state index contributed by atoms with van der Waals surface area (Å²) in [5.74, 6) is 3.38. The molecule has 2 aromatic heterocycles. The molecule has 164 valence electrons. The molecule has 3 aromatic rings. The highest BCUT2D eigenvalue weighted by molar-refractivity contribution is 5.95. The van der Waals surface area contributed by atoms with Crippen LogP contribution >= 0.6 is 0 Å². The van der Waals surface area contributed by atoms with E-state index in [0.29, 0.717) is 23.8 Å². The Hall–Kier alpha value is -3.62. The fourth-order valence-corrected chi connectivity index (χ4v) is 4.85. The highest BCUT2D eigenvalue weighted by Gasteiger charge is 2.33. The molecule has 0 unspecified atom stereocenters. The molecule has 6 rings (SSSR count). The molecule has 1 fully saturated rings. The summed E-state index contributed by atoms with van der Waals surface area (Å²) in [6.45, 7) is 4.20. The molecule has 0 spiro atoms. The highest BCUT2D eigenvalue weighted by atomic mass is 16.7. The molecular weight excluding hydrogens is 408 g/mol. The fraction of sp³-hybridized carbons (Fsp3) is 0.391. The van der Waals surface area contributed by atoms with Crippen LogP contribution in [0, 0.1) is 6.92 Å². The van der Waals surface area contributed by atoms with E-state index < -0.39 is 0 Å². The van der Waals surface area contributed by atoms with Crippen molar-refractivity contribution in [1.82, 2.24) is 20.0 Å². The largest absolute Gasteiger partial charge is 0.454 e. The lowest BCUT2D eigenvalue weighted by Gasteiger charge is -2.27. The molecule has 1 aromatic carbocycles. The fourth-order valence-electron chi connectivity index (χ4n) is 4.85. The van der Waals surface area contributed by atoms with Gasteiger partial charge in [0.25, 0.3) is 0 Å². The van der Waals surface area contributed by atoms with Crippen LogP contribution in [-0.2, 0) is 4.79 Å². The SMILES string of the molecule is Cc1nn(-c2ccc(N3CCCCC3)nn2)c2c1[C@@H](c1ccc3c(c1)OCO3)CC(=O)N2. The van der Waals surface area contributed by atoms with Gasteiger partial charge in [-0.3, -0.25) is 4.79 Å². The van der Waals surface area contributed by atoms with Crippen LogP contribution in [0.3, 0.4) is 0 Å². The number of carbonyl (C=O) groups is 1. The number of nitrogens with zero attached hydrogens (tertiary/aromatic N) is 5. The average Bonchev–Trinajstić information content (AvgIpc) is 3.43. The maximum atomic E-state index is 12.6. The molecule has 32 heavy (non-hydrogen) atoms. The molecular formula is C23H24N6O3. The Bertz CT molecular complexity index is 1180. The van der Waals surface area contributed by atoms with Gasteiger partial charge < -0.3 is 19.7 Å². The molecule has 1 atom stereocenters.